The maximum absolute atomic E-state index is 12.4. The van der Waals surface area contributed by atoms with E-state index in [2.05, 4.69) is 10.3 Å². The number of nitrogens with one attached hydrogen (secondary N) is 1. The molecule has 25 heavy (non-hydrogen) atoms. The first-order valence-corrected chi connectivity index (χ1v) is 8.73. The molecule has 132 valence electrons. The number of benzene rings is 1. The van der Waals surface area contributed by atoms with E-state index in [-0.39, 0.29) is 11.8 Å². The molecule has 1 aromatic carbocycles. The van der Waals surface area contributed by atoms with E-state index in [1.165, 1.54) is 0 Å². The van der Waals surface area contributed by atoms with Gasteiger partial charge in [-0.1, -0.05) is 6.92 Å². The van der Waals surface area contributed by atoms with Crippen LogP contribution in [0.3, 0.4) is 0 Å². The number of carbonyl (C=O) groups is 1. The number of aromatic nitrogens is 1. The number of ether oxygens (including phenoxy) is 2. The van der Waals surface area contributed by atoms with Gasteiger partial charge in [-0.2, -0.15) is 0 Å². The van der Waals surface area contributed by atoms with Gasteiger partial charge in [0.05, 0.1) is 0 Å². The molecule has 0 spiro atoms. The van der Waals surface area contributed by atoms with Crippen LogP contribution in [0, 0.1) is 11.8 Å². The van der Waals surface area contributed by atoms with Gasteiger partial charge in [-0.25, -0.2) is 0 Å². The van der Waals surface area contributed by atoms with E-state index in [1.807, 2.05) is 43.3 Å². The van der Waals surface area contributed by atoms with E-state index in [1.54, 1.807) is 12.4 Å². The summed E-state index contributed by atoms with van der Waals surface area (Å²) >= 11 is 0. The molecule has 1 aromatic heterocycles. The van der Waals surface area contributed by atoms with Gasteiger partial charge in [-0.15, -0.1) is 0 Å². The minimum absolute atomic E-state index is 0.00785. The average Bonchev–Trinajstić information content (AvgIpc) is 2.68. The van der Waals surface area contributed by atoms with Crippen LogP contribution in [-0.4, -0.2) is 24.1 Å². The first kappa shape index (κ1) is 17.4. The Balaban J connectivity index is 1.50. The third-order valence-corrected chi connectivity index (χ3v) is 4.66. The second kappa shape index (κ2) is 8.62. The smallest absolute Gasteiger partial charge is 0.227 e. The fourth-order valence-electron chi connectivity index (χ4n) is 2.97. The molecule has 0 aliphatic carbocycles. The van der Waals surface area contributed by atoms with E-state index in [4.69, 9.17) is 9.47 Å². The quantitative estimate of drug-likeness (QED) is 0.872. The van der Waals surface area contributed by atoms with Gasteiger partial charge in [0.15, 0.2) is 0 Å². The van der Waals surface area contributed by atoms with E-state index >= 15 is 0 Å². The minimum atomic E-state index is -0.00785. The fraction of sp³-hybridized carbons (Fsp3) is 0.400. The number of pyridine rings is 1. The van der Waals surface area contributed by atoms with Crippen molar-refractivity contribution in [1.82, 2.24) is 4.98 Å². The number of rotatable bonds is 6. The molecular formula is C20H24N2O3. The van der Waals surface area contributed by atoms with Gasteiger partial charge in [0.2, 0.25) is 5.91 Å². The number of amides is 1. The normalized spacial score (nSPS) is 16.2. The minimum Gasteiger partial charge on any atom is -0.489 e. The predicted octanol–water partition coefficient (Wildman–Crippen LogP) is 3.66. The van der Waals surface area contributed by atoms with E-state index < -0.39 is 0 Å². The largest absolute Gasteiger partial charge is 0.489 e. The van der Waals surface area contributed by atoms with E-state index in [0.29, 0.717) is 12.5 Å². The zero-order valence-corrected chi connectivity index (χ0v) is 14.5. The van der Waals surface area contributed by atoms with Gasteiger partial charge in [0.25, 0.3) is 0 Å². The summed E-state index contributed by atoms with van der Waals surface area (Å²) in [5.41, 5.74) is 1.86. The predicted molar refractivity (Wildman–Crippen MR) is 96.3 cm³/mol. The first-order valence-electron chi connectivity index (χ1n) is 8.73. The lowest BCUT2D eigenvalue weighted by Gasteiger charge is -2.26. The Morgan fingerprint density at radius 2 is 1.88 bits per heavy atom. The van der Waals surface area contributed by atoms with Crippen molar-refractivity contribution in [2.45, 2.75) is 26.4 Å². The van der Waals surface area contributed by atoms with Crippen molar-refractivity contribution in [2.75, 3.05) is 18.5 Å². The molecule has 0 unspecified atom stereocenters. The molecule has 1 fully saturated rings. The first-order chi connectivity index (χ1) is 12.2. The van der Waals surface area contributed by atoms with Crippen molar-refractivity contribution in [2.24, 2.45) is 11.8 Å². The zero-order chi connectivity index (χ0) is 17.5. The standard InChI is InChI=1S/C20H24N2O3/c1-15(17-8-12-24-13-9-17)20(23)22-18-2-4-19(5-3-18)25-14-16-6-10-21-11-7-16/h2-7,10-11,15,17H,8-9,12-14H2,1H3,(H,22,23)/t15-/m0/s1. The second-order valence-electron chi connectivity index (χ2n) is 6.40. The van der Waals surface area contributed by atoms with Gasteiger partial charge in [0, 0.05) is 37.2 Å². The molecule has 3 rings (SSSR count). The maximum Gasteiger partial charge on any atom is 0.227 e. The Hall–Kier alpha value is -2.40. The van der Waals surface area contributed by atoms with Crippen molar-refractivity contribution in [3.8, 4) is 5.75 Å². The molecule has 5 nitrogen and oxygen atoms in total. The number of hydrogen-bond acceptors (Lipinski definition) is 4. The molecule has 1 aliphatic heterocycles. The van der Waals surface area contributed by atoms with Crippen molar-refractivity contribution in [3.63, 3.8) is 0 Å². The molecule has 1 atom stereocenters. The summed E-state index contributed by atoms with van der Waals surface area (Å²) in [4.78, 5) is 16.4. The summed E-state index contributed by atoms with van der Waals surface area (Å²) in [6.07, 6.45) is 5.40. The summed E-state index contributed by atoms with van der Waals surface area (Å²) < 4.78 is 11.1. The Morgan fingerprint density at radius 3 is 2.56 bits per heavy atom. The van der Waals surface area contributed by atoms with Gasteiger partial charge < -0.3 is 14.8 Å². The highest BCUT2D eigenvalue weighted by Gasteiger charge is 2.25. The van der Waals surface area contributed by atoms with E-state index in [9.17, 15) is 4.79 Å². The summed E-state index contributed by atoms with van der Waals surface area (Å²) in [5, 5.41) is 3.00. The Morgan fingerprint density at radius 1 is 1.20 bits per heavy atom. The van der Waals surface area contributed by atoms with Gasteiger partial charge in [0.1, 0.15) is 12.4 Å². The summed E-state index contributed by atoms with van der Waals surface area (Å²) in [6.45, 7) is 4.00. The molecule has 1 amide bonds. The lowest BCUT2D eigenvalue weighted by Crippen LogP contribution is -2.30. The van der Waals surface area contributed by atoms with Gasteiger partial charge in [-0.05, 0) is 60.7 Å². The molecule has 0 saturated carbocycles. The van der Waals surface area contributed by atoms with Crippen LogP contribution in [0.5, 0.6) is 5.75 Å². The van der Waals surface area contributed by atoms with Crippen LogP contribution in [0.2, 0.25) is 0 Å². The number of nitrogens with zero attached hydrogens (tertiary/aromatic N) is 1. The third kappa shape index (κ3) is 5.03. The second-order valence-corrected chi connectivity index (χ2v) is 6.40. The lowest BCUT2D eigenvalue weighted by molar-refractivity contribution is -0.122. The molecule has 0 bridgehead atoms. The Kier molecular flexibility index (Phi) is 6.01. The zero-order valence-electron chi connectivity index (χ0n) is 14.5. The SMILES string of the molecule is C[C@H](C(=O)Nc1ccc(OCc2ccncc2)cc1)C1CCOCC1. The molecule has 2 aromatic rings. The number of hydrogen-bond donors (Lipinski definition) is 1. The van der Waals surface area contributed by atoms with Crippen molar-refractivity contribution < 1.29 is 14.3 Å². The molecule has 1 saturated heterocycles. The molecule has 1 N–H and O–H groups in total. The monoisotopic (exact) mass is 340 g/mol. The summed E-state index contributed by atoms with van der Waals surface area (Å²) in [6, 6.07) is 11.3. The molecule has 0 radical (unpaired) electrons. The van der Waals surface area contributed by atoms with Crippen LogP contribution >= 0.6 is 0 Å². The summed E-state index contributed by atoms with van der Waals surface area (Å²) in [5.74, 6) is 1.23. The van der Waals surface area contributed by atoms with Crippen LogP contribution in [0.25, 0.3) is 0 Å². The highest BCUT2D eigenvalue weighted by molar-refractivity contribution is 5.92. The van der Waals surface area contributed by atoms with Crippen LogP contribution in [0.1, 0.15) is 25.3 Å². The third-order valence-electron chi connectivity index (χ3n) is 4.66. The summed E-state index contributed by atoms with van der Waals surface area (Å²) in [7, 11) is 0. The Labute approximate surface area is 148 Å². The highest BCUT2D eigenvalue weighted by atomic mass is 16.5. The van der Waals surface area contributed by atoms with Crippen LogP contribution in [0.15, 0.2) is 48.8 Å². The van der Waals surface area contributed by atoms with Crippen LogP contribution < -0.4 is 10.1 Å². The molecule has 1 aliphatic rings. The molecule has 2 heterocycles. The molecule has 5 heteroatoms. The van der Waals surface area contributed by atoms with E-state index in [0.717, 1.165) is 43.1 Å². The maximum atomic E-state index is 12.4. The average molecular weight is 340 g/mol. The van der Waals surface area contributed by atoms with Gasteiger partial charge >= 0.3 is 0 Å². The topological polar surface area (TPSA) is 60.5 Å². The highest BCUT2D eigenvalue weighted by Crippen LogP contribution is 2.25. The Bertz CT molecular complexity index is 667. The van der Waals surface area contributed by atoms with Crippen molar-refractivity contribution >= 4 is 11.6 Å². The molecular weight excluding hydrogens is 316 g/mol. The van der Waals surface area contributed by atoms with Gasteiger partial charge in [-0.3, -0.25) is 9.78 Å². The van der Waals surface area contributed by atoms with Crippen molar-refractivity contribution in [1.29, 1.82) is 0 Å². The lowest BCUT2D eigenvalue weighted by atomic mass is 9.87. The van der Waals surface area contributed by atoms with Crippen LogP contribution in [0.4, 0.5) is 5.69 Å². The number of carbonyl (C=O) groups excluding carboxylic acids is 1. The number of anilines is 1. The van der Waals surface area contributed by atoms with Crippen LogP contribution in [-0.2, 0) is 16.1 Å². The van der Waals surface area contributed by atoms with Crippen molar-refractivity contribution in [3.05, 3.63) is 54.4 Å². The fourth-order valence-corrected chi connectivity index (χ4v) is 2.97.